The Balaban J connectivity index is 1.73. The van der Waals surface area contributed by atoms with Crippen molar-refractivity contribution in [2.24, 2.45) is 11.8 Å². The summed E-state index contributed by atoms with van der Waals surface area (Å²) in [7, 11) is 0. The van der Waals surface area contributed by atoms with Crippen molar-refractivity contribution in [3.63, 3.8) is 0 Å². The molecule has 0 spiro atoms. The van der Waals surface area contributed by atoms with E-state index in [0.717, 1.165) is 35.1 Å². The molecule has 0 aliphatic carbocycles. The van der Waals surface area contributed by atoms with Crippen molar-refractivity contribution in [2.45, 2.75) is 40.3 Å². The van der Waals surface area contributed by atoms with Gasteiger partial charge in [-0.05, 0) is 31.2 Å². The zero-order chi connectivity index (χ0) is 20.0. The van der Waals surface area contributed by atoms with Gasteiger partial charge in [0, 0.05) is 29.9 Å². The van der Waals surface area contributed by atoms with Crippen LogP contribution in [0.25, 0.3) is 21.1 Å². The molecular formula is C21H26N4O2S. The number of aromatic nitrogens is 3. The van der Waals surface area contributed by atoms with Gasteiger partial charge in [-0.25, -0.2) is 4.68 Å². The van der Waals surface area contributed by atoms with E-state index in [1.54, 1.807) is 23.6 Å². The number of likely N-dealkylation sites (tertiary alicyclic amines) is 1. The van der Waals surface area contributed by atoms with Gasteiger partial charge in [0.25, 0.3) is 5.56 Å². The van der Waals surface area contributed by atoms with Gasteiger partial charge in [-0.15, -0.1) is 17.9 Å². The van der Waals surface area contributed by atoms with Crippen LogP contribution in [-0.2, 0) is 17.9 Å². The third-order valence-corrected chi connectivity index (χ3v) is 6.55. The number of allylic oxidation sites excluding steroid dienone is 1. The quantitative estimate of drug-likeness (QED) is 0.633. The van der Waals surface area contributed by atoms with Crippen molar-refractivity contribution < 1.29 is 4.79 Å². The molecule has 1 aliphatic heterocycles. The number of rotatable bonds is 4. The van der Waals surface area contributed by atoms with Crippen LogP contribution < -0.4 is 5.56 Å². The molecule has 0 bridgehead atoms. The number of carbonyl (C=O) groups excluding carboxylic acids is 1. The maximum absolute atomic E-state index is 13.2. The molecule has 0 radical (unpaired) electrons. The largest absolute Gasteiger partial charge is 0.341 e. The molecule has 2 atom stereocenters. The summed E-state index contributed by atoms with van der Waals surface area (Å²) in [5.74, 6) is 0.936. The van der Waals surface area contributed by atoms with E-state index in [4.69, 9.17) is 0 Å². The summed E-state index contributed by atoms with van der Waals surface area (Å²) in [6, 6.07) is 2.09. The van der Waals surface area contributed by atoms with E-state index >= 15 is 0 Å². The molecule has 1 saturated heterocycles. The lowest BCUT2D eigenvalue weighted by atomic mass is 9.92. The number of thiophene rings is 1. The van der Waals surface area contributed by atoms with Crippen LogP contribution in [0, 0.1) is 18.8 Å². The Morgan fingerprint density at radius 2 is 2.07 bits per heavy atom. The number of nitrogens with zero attached hydrogens (tertiary/aromatic N) is 4. The van der Waals surface area contributed by atoms with Crippen LogP contribution in [0.15, 0.2) is 29.7 Å². The predicted molar refractivity (Wildman–Crippen MR) is 114 cm³/mol. The molecule has 3 aromatic heterocycles. The van der Waals surface area contributed by atoms with E-state index in [0.29, 0.717) is 23.9 Å². The van der Waals surface area contributed by atoms with Crippen LogP contribution in [-0.4, -0.2) is 38.2 Å². The Kier molecular flexibility index (Phi) is 4.87. The van der Waals surface area contributed by atoms with Gasteiger partial charge in [-0.3, -0.25) is 9.59 Å². The number of piperidine rings is 1. The predicted octanol–water partition coefficient (Wildman–Crippen LogP) is 3.41. The molecule has 7 heteroatoms. The number of hydrogen-bond donors (Lipinski definition) is 0. The lowest BCUT2D eigenvalue weighted by Crippen LogP contribution is -2.45. The summed E-state index contributed by atoms with van der Waals surface area (Å²) in [6.45, 7) is 12.3. The van der Waals surface area contributed by atoms with Crippen molar-refractivity contribution in [2.75, 3.05) is 13.1 Å². The number of carbonyl (C=O) groups is 1. The fourth-order valence-electron chi connectivity index (χ4n) is 4.45. The molecule has 148 valence electrons. The first kappa shape index (κ1) is 18.9. The highest BCUT2D eigenvalue weighted by atomic mass is 32.1. The minimum absolute atomic E-state index is 0.0137. The standard InChI is InChI=1S/C21H26N4O2S/c1-5-6-24-17-8-15(4)28-20(17)16-9-22-25(21(27)19(16)24)12-18(26)23-10-13(2)7-14(3)11-23/h5,8-9,13-14H,1,6-7,10-12H2,2-4H3/t13-,14-/m1/s1. The van der Waals surface area contributed by atoms with E-state index < -0.39 is 0 Å². The third-order valence-electron chi connectivity index (χ3n) is 5.48. The van der Waals surface area contributed by atoms with E-state index in [1.807, 2.05) is 9.47 Å². The molecule has 1 amide bonds. The van der Waals surface area contributed by atoms with Crippen LogP contribution in [0.3, 0.4) is 0 Å². The average molecular weight is 399 g/mol. The lowest BCUT2D eigenvalue weighted by Gasteiger charge is -2.35. The molecule has 4 heterocycles. The van der Waals surface area contributed by atoms with Crippen molar-refractivity contribution >= 4 is 38.4 Å². The van der Waals surface area contributed by atoms with Gasteiger partial charge in [0.2, 0.25) is 5.91 Å². The molecule has 28 heavy (non-hydrogen) atoms. The molecule has 0 unspecified atom stereocenters. The summed E-state index contributed by atoms with van der Waals surface area (Å²) in [5, 5.41) is 5.19. The normalized spacial score (nSPS) is 20.2. The molecule has 0 aromatic carbocycles. The van der Waals surface area contributed by atoms with E-state index in [2.05, 4.69) is 38.5 Å². The van der Waals surface area contributed by atoms with Gasteiger partial charge in [-0.2, -0.15) is 5.10 Å². The number of aryl methyl sites for hydroxylation is 1. The summed E-state index contributed by atoms with van der Waals surface area (Å²) >= 11 is 1.66. The average Bonchev–Trinajstić information content (AvgIpc) is 3.13. The van der Waals surface area contributed by atoms with Crippen LogP contribution in [0.4, 0.5) is 0 Å². The highest BCUT2D eigenvalue weighted by Crippen LogP contribution is 2.33. The van der Waals surface area contributed by atoms with Gasteiger partial charge >= 0.3 is 0 Å². The topological polar surface area (TPSA) is 60.1 Å². The maximum atomic E-state index is 13.2. The van der Waals surface area contributed by atoms with Crippen LogP contribution in [0.5, 0.6) is 0 Å². The fourth-order valence-corrected chi connectivity index (χ4v) is 5.47. The molecule has 6 nitrogen and oxygen atoms in total. The highest BCUT2D eigenvalue weighted by molar-refractivity contribution is 7.20. The van der Waals surface area contributed by atoms with Gasteiger partial charge in [0.1, 0.15) is 12.1 Å². The van der Waals surface area contributed by atoms with Crippen molar-refractivity contribution in [1.82, 2.24) is 19.2 Å². The minimum atomic E-state index is -0.216. The number of amides is 1. The minimum Gasteiger partial charge on any atom is -0.341 e. The van der Waals surface area contributed by atoms with Crippen molar-refractivity contribution in [1.29, 1.82) is 0 Å². The van der Waals surface area contributed by atoms with Gasteiger partial charge < -0.3 is 9.47 Å². The Bertz CT molecular complexity index is 1110. The Hall–Kier alpha value is -2.41. The first-order valence-electron chi connectivity index (χ1n) is 9.76. The van der Waals surface area contributed by atoms with Crippen LogP contribution in [0.1, 0.15) is 25.1 Å². The van der Waals surface area contributed by atoms with Crippen molar-refractivity contribution in [3.05, 3.63) is 40.1 Å². The number of hydrogen-bond acceptors (Lipinski definition) is 4. The summed E-state index contributed by atoms with van der Waals surface area (Å²) in [6.07, 6.45) is 4.65. The molecule has 0 saturated carbocycles. The molecule has 3 aromatic rings. The Morgan fingerprint density at radius 3 is 2.75 bits per heavy atom. The second kappa shape index (κ2) is 7.20. The van der Waals surface area contributed by atoms with Crippen LogP contribution in [0.2, 0.25) is 0 Å². The lowest BCUT2D eigenvalue weighted by molar-refractivity contribution is -0.134. The smallest absolute Gasteiger partial charge is 0.291 e. The van der Waals surface area contributed by atoms with Crippen molar-refractivity contribution in [3.8, 4) is 0 Å². The summed E-state index contributed by atoms with van der Waals surface area (Å²) in [5.41, 5.74) is 1.41. The van der Waals surface area contributed by atoms with E-state index in [1.165, 1.54) is 9.56 Å². The molecule has 1 aliphatic rings. The second-order valence-electron chi connectivity index (χ2n) is 8.09. The van der Waals surface area contributed by atoms with Gasteiger partial charge in [-0.1, -0.05) is 19.9 Å². The zero-order valence-corrected chi connectivity index (χ0v) is 17.5. The molecular weight excluding hydrogens is 372 g/mol. The van der Waals surface area contributed by atoms with E-state index in [9.17, 15) is 9.59 Å². The first-order chi connectivity index (χ1) is 13.4. The van der Waals surface area contributed by atoms with Crippen LogP contribution >= 0.6 is 11.3 Å². The molecule has 0 N–H and O–H groups in total. The van der Waals surface area contributed by atoms with Gasteiger partial charge in [0.15, 0.2) is 0 Å². The Labute approximate surface area is 168 Å². The first-order valence-corrected chi connectivity index (χ1v) is 10.6. The molecule has 1 fully saturated rings. The fraction of sp³-hybridized carbons (Fsp3) is 0.476. The Morgan fingerprint density at radius 1 is 1.36 bits per heavy atom. The summed E-state index contributed by atoms with van der Waals surface area (Å²) < 4.78 is 4.36. The van der Waals surface area contributed by atoms with Gasteiger partial charge in [0.05, 0.1) is 16.4 Å². The van der Waals surface area contributed by atoms with E-state index in [-0.39, 0.29) is 18.0 Å². The summed E-state index contributed by atoms with van der Waals surface area (Å²) in [4.78, 5) is 29.1. The maximum Gasteiger partial charge on any atom is 0.291 e. The highest BCUT2D eigenvalue weighted by Gasteiger charge is 2.26. The number of fused-ring (bicyclic) bond motifs is 3. The zero-order valence-electron chi connectivity index (χ0n) is 16.6. The second-order valence-corrected chi connectivity index (χ2v) is 9.34. The SMILES string of the molecule is C=CCn1c2cc(C)sc2c2cnn(CC(=O)N3C[C@H](C)C[C@@H](C)C3)c(=O)c21. The molecule has 4 rings (SSSR count). The monoisotopic (exact) mass is 398 g/mol. The third kappa shape index (κ3) is 3.17.